The van der Waals surface area contributed by atoms with E-state index in [1.807, 2.05) is 13.8 Å². The zero-order valence-corrected chi connectivity index (χ0v) is 16.6. The monoisotopic (exact) mass is 412 g/mol. The van der Waals surface area contributed by atoms with Crippen molar-refractivity contribution in [1.29, 1.82) is 0 Å². The largest absolute Gasteiger partial charge is 0.454 e. The first-order valence-electron chi connectivity index (χ1n) is 9.47. The molecule has 8 heteroatoms. The highest BCUT2D eigenvalue weighted by molar-refractivity contribution is 6.22. The van der Waals surface area contributed by atoms with Gasteiger partial charge in [0, 0.05) is 0 Å². The molecule has 3 rings (SSSR count). The minimum Gasteiger partial charge on any atom is -0.454 e. The van der Waals surface area contributed by atoms with E-state index in [0.717, 1.165) is 4.90 Å². The Hall–Kier alpha value is -3.55. The zero-order chi connectivity index (χ0) is 21.8. The first-order valence-corrected chi connectivity index (χ1v) is 9.47. The van der Waals surface area contributed by atoms with Crippen LogP contribution in [0.1, 0.15) is 41.0 Å². The molecule has 30 heavy (non-hydrogen) atoms. The van der Waals surface area contributed by atoms with Gasteiger partial charge in [0.2, 0.25) is 0 Å². The van der Waals surface area contributed by atoms with Crippen molar-refractivity contribution in [1.82, 2.24) is 4.90 Å². The van der Waals surface area contributed by atoms with Crippen LogP contribution in [0.4, 0.5) is 10.1 Å². The first-order chi connectivity index (χ1) is 14.3. The fraction of sp³-hybridized carbons (Fsp3) is 0.273. The molecule has 1 atom stereocenters. The maximum atomic E-state index is 13.6. The number of imide groups is 1. The van der Waals surface area contributed by atoms with Gasteiger partial charge in [0.1, 0.15) is 11.9 Å². The van der Waals surface area contributed by atoms with Crippen LogP contribution >= 0.6 is 0 Å². The summed E-state index contributed by atoms with van der Waals surface area (Å²) < 4.78 is 18.7. The van der Waals surface area contributed by atoms with E-state index in [2.05, 4.69) is 5.32 Å². The van der Waals surface area contributed by atoms with Crippen LogP contribution < -0.4 is 5.32 Å². The Morgan fingerprint density at radius 2 is 1.57 bits per heavy atom. The highest BCUT2D eigenvalue weighted by Crippen LogP contribution is 2.27. The average molecular weight is 412 g/mol. The van der Waals surface area contributed by atoms with Crippen molar-refractivity contribution in [3.05, 3.63) is 65.5 Å². The Morgan fingerprint density at radius 1 is 1.00 bits per heavy atom. The van der Waals surface area contributed by atoms with Gasteiger partial charge in [0.05, 0.1) is 16.8 Å². The fourth-order valence-corrected chi connectivity index (χ4v) is 3.23. The first kappa shape index (κ1) is 21.2. The number of fused-ring (bicyclic) bond motifs is 1. The lowest BCUT2D eigenvalue weighted by Gasteiger charge is -2.25. The van der Waals surface area contributed by atoms with Gasteiger partial charge < -0.3 is 10.1 Å². The van der Waals surface area contributed by atoms with Crippen LogP contribution in [0.3, 0.4) is 0 Å². The van der Waals surface area contributed by atoms with Gasteiger partial charge in [-0.15, -0.1) is 0 Å². The van der Waals surface area contributed by atoms with Crippen LogP contribution in [0.5, 0.6) is 0 Å². The van der Waals surface area contributed by atoms with E-state index < -0.39 is 42.2 Å². The molecule has 1 heterocycles. The smallest absolute Gasteiger partial charge is 0.329 e. The molecule has 0 aliphatic carbocycles. The molecular weight excluding hydrogens is 391 g/mol. The second-order valence-corrected chi connectivity index (χ2v) is 7.31. The third-order valence-electron chi connectivity index (χ3n) is 4.60. The summed E-state index contributed by atoms with van der Waals surface area (Å²) in [5.41, 5.74) is 0.403. The van der Waals surface area contributed by atoms with E-state index in [-0.39, 0.29) is 29.2 Å². The average Bonchev–Trinajstić information content (AvgIpc) is 2.97. The summed E-state index contributed by atoms with van der Waals surface area (Å²) in [4.78, 5) is 51.1. The molecule has 2 aromatic rings. The number of hydrogen-bond acceptors (Lipinski definition) is 5. The molecule has 1 N–H and O–H groups in total. The number of carbonyl (C=O) groups is 4. The Kier molecular flexibility index (Phi) is 6.25. The van der Waals surface area contributed by atoms with Crippen LogP contribution in [0.25, 0.3) is 0 Å². The minimum absolute atomic E-state index is 0.0286. The molecular formula is C22H21FN2O5. The number of hydrogen-bond donors (Lipinski definition) is 1. The van der Waals surface area contributed by atoms with Crippen molar-refractivity contribution in [2.75, 3.05) is 11.9 Å². The standard InChI is InChI=1S/C22H21FN2O5/c1-13(2)11-18(25-20(27)14-7-3-4-8-15(14)21(25)28)22(29)30-12-19(26)24-17-10-6-5-9-16(17)23/h3-10,13,18H,11-12H2,1-2H3,(H,24,26)/t18-/m1/s1. The molecule has 2 aromatic carbocycles. The molecule has 3 amide bonds. The highest BCUT2D eigenvalue weighted by atomic mass is 19.1. The molecule has 0 saturated heterocycles. The number of para-hydroxylation sites is 1. The number of nitrogens with one attached hydrogen (secondary N) is 1. The third-order valence-corrected chi connectivity index (χ3v) is 4.60. The lowest BCUT2D eigenvalue weighted by molar-refractivity contribution is -0.151. The normalized spacial score (nSPS) is 13.9. The summed E-state index contributed by atoms with van der Waals surface area (Å²) in [6.07, 6.45) is 0.180. The van der Waals surface area contributed by atoms with Gasteiger partial charge in [-0.25, -0.2) is 9.18 Å². The second kappa shape index (κ2) is 8.86. The number of rotatable bonds is 7. The molecule has 0 spiro atoms. The highest BCUT2D eigenvalue weighted by Gasteiger charge is 2.43. The molecule has 7 nitrogen and oxygen atoms in total. The van der Waals surface area contributed by atoms with Crippen LogP contribution in [0, 0.1) is 11.7 Å². The van der Waals surface area contributed by atoms with Crippen molar-refractivity contribution < 1.29 is 28.3 Å². The summed E-state index contributed by atoms with van der Waals surface area (Å²) in [7, 11) is 0. The number of halogens is 1. The summed E-state index contributed by atoms with van der Waals surface area (Å²) in [6.45, 7) is 3.00. The van der Waals surface area contributed by atoms with Crippen molar-refractivity contribution in [2.24, 2.45) is 5.92 Å². The van der Waals surface area contributed by atoms with Gasteiger partial charge in [0.15, 0.2) is 6.61 Å². The van der Waals surface area contributed by atoms with Crippen molar-refractivity contribution in [3.63, 3.8) is 0 Å². The summed E-state index contributed by atoms with van der Waals surface area (Å²) in [6, 6.07) is 10.7. The van der Waals surface area contributed by atoms with Crippen LogP contribution in [0.2, 0.25) is 0 Å². The van der Waals surface area contributed by atoms with Gasteiger partial charge in [0.25, 0.3) is 17.7 Å². The molecule has 0 fully saturated rings. The van der Waals surface area contributed by atoms with Crippen molar-refractivity contribution in [2.45, 2.75) is 26.3 Å². The molecule has 1 aliphatic rings. The Bertz CT molecular complexity index is 970. The molecule has 156 valence electrons. The number of nitrogens with zero attached hydrogens (tertiary/aromatic N) is 1. The minimum atomic E-state index is -1.17. The van der Waals surface area contributed by atoms with Gasteiger partial charge in [-0.3, -0.25) is 19.3 Å². The van der Waals surface area contributed by atoms with Crippen LogP contribution in [-0.4, -0.2) is 41.2 Å². The molecule has 0 aromatic heterocycles. The predicted molar refractivity (Wildman–Crippen MR) is 106 cm³/mol. The van der Waals surface area contributed by atoms with E-state index in [9.17, 15) is 23.6 Å². The topological polar surface area (TPSA) is 92.8 Å². The second-order valence-electron chi connectivity index (χ2n) is 7.31. The third kappa shape index (κ3) is 4.37. The summed E-state index contributed by atoms with van der Waals surface area (Å²) in [5, 5.41) is 2.31. The fourth-order valence-electron chi connectivity index (χ4n) is 3.23. The Balaban J connectivity index is 1.71. The Morgan fingerprint density at radius 3 is 2.13 bits per heavy atom. The van der Waals surface area contributed by atoms with Gasteiger partial charge in [-0.2, -0.15) is 0 Å². The van der Waals surface area contributed by atoms with Gasteiger partial charge in [-0.05, 0) is 36.6 Å². The molecule has 0 radical (unpaired) electrons. The van der Waals surface area contributed by atoms with Crippen LogP contribution in [0.15, 0.2) is 48.5 Å². The van der Waals surface area contributed by atoms with Crippen LogP contribution in [-0.2, 0) is 14.3 Å². The molecule has 0 saturated carbocycles. The van der Waals surface area contributed by atoms with E-state index >= 15 is 0 Å². The maximum absolute atomic E-state index is 13.6. The van der Waals surface area contributed by atoms with Gasteiger partial charge >= 0.3 is 5.97 Å². The number of anilines is 1. The predicted octanol–water partition coefficient (Wildman–Crippen LogP) is 3.02. The Labute approximate surface area is 172 Å². The van der Waals surface area contributed by atoms with Crippen molar-refractivity contribution in [3.8, 4) is 0 Å². The number of carbonyl (C=O) groups excluding carboxylic acids is 4. The maximum Gasteiger partial charge on any atom is 0.329 e. The quantitative estimate of drug-likeness (QED) is 0.557. The molecule has 0 bridgehead atoms. The molecule has 1 aliphatic heterocycles. The number of esters is 1. The van der Waals surface area contributed by atoms with E-state index in [4.69, 9.17) is 4.74 Å². The van der Waals surface area contributed by atoms with Crippen molar-refractivity contribution >= 4 is 29.4 Å². The van der Waals surface area contributed by atoms with E-state index in [1.165, 1.54) is 30.3 Å². The number of benzene rings is 2. The lowest BCUT2D eigenvalue weighted by Crippen LogP contribution is -2.46. The zero-order valence-electron chi connectivity index (χ0n) is 16.6. The van der Waals surface area contributed by atoms with Gasteiger partial charge in [-0.1, -0.05) is 38.1 Å². The SMILES string of the molecule is CC(C)C[C@H](C(=O)OCC(=O)Nc1ccccc1F)N1C(=O)c2ccccc2C1=O. The lowest BCUT2D eigenvalue weighted by atomic mass is 10.0. The van der Waals surface area contributed by atoms with E-state index in [0.29, 0.717) is 0 Å². The molecule has 0 unspecified atom stereocenters. The van der Waals surface area contributed by atoms with E-state index in [1.54, 1.807) is 18.2 Å². The summed E-state index contributed by atoms with van der Waals surface area (Å²) >= 11 is 0. The number of ether oxygens (including phenoxy) is 1. The summed E-state index contributed by atoms with van der Waals surface area (Å²) in [5.74, 6) is -3.41. The number of amides is 3.